The summed E-state index contributed by atoms with van der Waals surface area (Å²) in [6.45, 7) is 1.18. The molecule has 1 aliphatic rings. The molecule has 0 amide bonds. The van der Waals surface area contributed by atoms with Crippen molar-refractivity contribution in [2.75, 3.05) is 20.6 Å². The molecule has 0 radical (unpaired) electrons. The number of carbonyl (C=O) groups is 1. The molecule has 0 atom stereocenters. The van der Waals surface area contributed by atoms with Crippen LogP contribution >= 0.6 is 0 Å². The standard InChI is InChI=1S/C15H15N3O2/c1-17(2)7-8-18-13(19)9-12-10-5-3-4-6-11(10)15(20)14(12)16-18/h3-6,9H,7-8H2,1-2H3. The fourth-order valence-corrected chi connectivity index (χ4v) is 2.36. The van der Waals surface area contributed by atoms with Gasteiger partial charge in [-0.25, -0.2) is 4.68 Å². The zero-order valence-electron chi connectivity index (χ0n) is 11.5. The Morgan fingerprint density at radius 1 is 1.10 bits per heavy atom. The van der Waals surface area contributed by atoms with Crippen LogP contribution < -0.4 is 5.56 Å². The van der Waals surface area contributed by atoms with E-state index in [0.29, 0.717) is 29.9 Å². The van der Waals surface area contributed by atoms with Crippen molar-refractivity contribution in [2.24, 2.45) is 0 Å². The van der Waals surface area contributed by atoms with E-state index in [-0.39, 0.29) is 11.3 Å². The number of aromatic nitrogens is 2. The maximum Gasteiger partial charge on any atom is 0.267 e. The Labute approximate surface area is 116 Å². The summed E-state index contributed by atoms with van der Waals surface area (Å²) >= 11 is 0. The first-order chi connectivity index (χ1) is 9.58. The van der Waals surface area contributed by atoms with Crippen LogP contribution in [0.15, 0.2) is 35.1 Å². The van der Waals surface area contributed by atoms with Gasteiger partial charge in [-0.3, -0.25) is 9.59 Å². The number of ketones is 1. The zero-order valence-corrected chi connectivity index (χ0v) is 11.5. The van der Waals surface area contributed by atoms with Gasteiger partial charge in [-0.15, -0.1) is 0 Å². The summed E-state index contributed by atoms with van der Waals surface area (Å²) in [6, 6.07) is 8.82. The molecule has 0 N–H and O–H groups in total. The van der Waals surface area contributed by atoms with Gasteiger partial charge >= 0.3 is 0 Å². The van der Waals surface area contributed by atoms with E-state index < -0.39 is 0 Å². The maximum atomic E-state index is 12.3. The quantitative estimate of drug-likeness (QED) is 0.712. The van der Waals surface area contributed by atoms with Gasteiger partial charge in [-0.1, -0.05) is 24.3 Å². The molecule has 5 heteroatoms. The third-order valence-corrected chi connectivity index (χ3v) is 3.43. The molecule has 5 nitrogen and oxygen atoms in total. The maximum absolute atomic E-state index is 12.3. The Bertz CT molecular complexity index is 747. The van der Waals surface area contributed by atoms with Gasteiger partial charge in [0, 0.05) is 23.7 Å². The van der Waals surface area contributed by atoms with Crippen LogP contribution in [0.25, 0.3) is 11.1 Å². The monoisotopic (exact) mass is 269 g/mol. The Kier molecular flexibility index (Phi) is 2.99. The first kappa shape index (κ1) is 12.7. The van der Waals surface area contributed by atoms with Crippen molar-refractivity contribution in [3.8, 4) is 11.1 Å². The Balaban J connectivity index is 2.08. The highest BCUT2D eigenvalue weighted by atomic mass is 16.1. The van der Waals surface area contributed by atoms with Gasteiger partial charge in [0.15, 0.2) is 0 Å². The number of fused-ring (bicyclic) bond motifs is 3. The average molecular weight is 269 g/mol. The molecule has 20 heavy (non-hydrogen) atoms. The van der Waals surface area contributed by atoms with Crippen molar-refractivity contribution in [1.29, 1.82) is 0 Å². The molecule has 0 saturated heterocycles. The lowest BCUT2D eigenvalue weighted by Gasteiger charge is -2.11. The van der Waals surface area contributed by atoms with Gasteiger partial charge in [-0.05, 0) is 19.7 Å². The number of benzene rings is 1. The van der Waals surface area contributed by atoms with Crippen molar-refractivity contribution in [1.82, 2.24) is 14.7 Å². The highest BCUT2D eigenvalue weighted by Crippen LogP contribution is 2.33. The van der Waals surface area contributed by atoms with E-state index in [1.807, 2.05) is 37.2 Å². The van der Waals surface area contributed by atoms with E-state index in [0.717, 1.165) is 5.56 Å². The minimum atomic E-state index is -0.171. The average Bonchev–Trinajstić information content (AvgIpc) is 2.70. The van der Waals surface area contributed by atoms with Crippen molar-refractivity contribution >= 4 is 5.78 Å². The van der Waals surface area contributed by atoms with Crippen LogP contribution in [0.1, 0.15) is 16.1 Å². The van der Waals surface area contributed by atoms with E-state index in [1.54, 1.807) is 6.07 Å². The summed E-state index contributed by atoms with van der Waals surface area (Å²) in [5.74, 6) is -0.103. The lowest BCUT2D eigenvalue weighted by molar-refractivity contribution is 0.103. The molecule has 0 aliphatic heterocycles. The van der Waals surface area contributed by atoms with E-state index >= 15 is 0 Å². The van der Waals surface area contributed by atoms with E-state index in [4.69, 9.17) is 0 Å². The largest absolute Gasteiger partial charge is 0.308 e. The molecule has 0 unspecified atom stereocenters. The first-order valence-corrected chi connectivity index (χ1v) is 6.49. The number of hydrogen-bond donors (Lipinski definition) is 0. The van der Waals surface area contributed by atoms with Crippen molar-refractivity contribution in [3.05, 3.63) is 51.9 Å². The minimum absolute atomic E-state index is 0.103. The summed E-state index contributed by atoms with van der Waals surface area (Å²) in [5, 5.41) is 4.25. The molecule has 3 rings (SSSR count). The molecule has 1 aromatic heterocycles. The summed E-state index contributed by atoms with van der Waals surface area (Å²) in [7, 11) is 3.86. The smallest absolute Gasteiger partial charge is 0.267 e. The van der Waals surface area contributed by atoms with Gasteiger partial charge in [0.1, 0.15) is 5.69 Å². The van der Waals surface area contributed by atoms with E-state index in [2.05, 4.69) is 5.10 Å². The number of likely N-dealkylation sites (N-methyl/N-ethyl adjacent to an activating group) is 1. The molecular weight excluding hydrogens is 254 g/mol. The van der Waals surface area contributed by atoms with Gasteiger partial charge in [0.25, 0.3) is 5.56 Å². The number of rotatable bonds is 3. The second-order valence-electron chi connectivity index (χ2n) is 5.15. The van der Waals surface area contributed by atoms with Crippen LogP contribution in [0.4, 0.5) is 0 Å². The van der Waals surface area contributed by atoms with Crippen LogP contribution in [-0.4, -0.2) is 41.1 Å². The molecule has 0 spiro atoms. The van der Waals surface area contributed by atoms with Crippen molar-refractivity contribution < 1.29 is 4.79 Å². The highest BCUT2D eigenvalue weighted by Gasteiger charge is 2.29. The van der Waals surface area contributed by atoms with Gasteiger partial charge in [0.05, 0.1) is 6.54 Å². The summed E-state index contributed by atoms with van der Waals surface area (Å²) in [5.41, 5.74) is 2.29. The first-order valence-electron chi connectivity index (χ1n) is 6.49. The normalized spacial score (nSPS) is 12.7. The summed E-state index contributed by atoms with van der Waals surface area (Å²) < 4.78 is 1.36. The Hall–Kier alpha value is -2.27. The number of nitrogens with zero attached hydrogens (tertiary/aromatic N) is 3. The van der Waals surface area contributed by atoms with E-state index in [1.165, 1.54) is 10.7 Å². The second kappa shape index (κ2) is 4.68. The third-order valence-electron chi connectivity index (χ3n) is 3.43. The molecule has 0 bridgehead atoms. The second-order valence-corrected chi connectivity index (χ2v) is 5.15. The molecule has 1 aromatic carbocycles. The van der Waals surface area contributed by atoms with Gasteiger partial charge in [-0.2, -0.15) is 5.10 Å². The molecule has 1 heterocycles. The van der Waals surface area contributed by atoms with Crippen LogP contribution in [0.3, 0.4) is 0 Å². The van der Waals surface area contributed by atoms with Crippen molar-refractivity contribution in [2.45, 2.75) is 6.54 Å². The van der Waals surface area contributed by atoms with E-state index in [9.17, 15) is 9.59 Å². The van der Waals surface area contributed by atoms with Crippen LogP contribution in [0.5, 0.6) is 0 Å². The third kappa shape index (κ3) is 1.96. The topological polar surface area (TPSA) is 55.2 Å². The molecule has 0 fully saturated rings. The Morgan fingerprint density at radius 2 is 1.80 bits per heavy atom. The minimum Gasteiger partial charge on any atom is -0.308 e. The summed E-state index contributed by atoms with van der Waals surface area (Å²) in [4.78, 5) is 26.4. The summed E-state index contributed by atoms with van der Waals surface area (Å²) in [6.07, 6.45) is 0. The van der Waals surface area contributed by atoms with Crippen LogP contribution in [-0.2, 0) is 6.54 Å². The SMILES string of the molecule is CN(C)CCn1nc2c(cc1=O)-c1ccccc1C2=O. The number of carbonyl (C=O) groups excluding carboxylic acids is 1. The lowest BCUT2D eigenvalue weighted by Crippen LogP contribution is -2.29. The van der Waals surface area contributed by atoms with Gasteiger partial charge in [0.2, 0.25) is 5.78 Å². The molecular formula is C15H15N3O2. The predicted octanol–water partition coefficient (Wildman–Crippen LogP) is 1.02. The van der Waals surface area contributed by atoms with Gasteiger partial charge < -0.3 is 4.90 Å². The molecule has 2 aromatic rings. The molecule has 1 aliphatic carbocycles. The Morgan fingerprint density at radius 3 is 2.50 bits per heavy atom. The molecule has 102 valence electrons. The molecule has 0 saturated carbocycles. The predicted molar refractivity (Wildman–Crippen MR) is 75.9 cm³/mol. The number of hydrogen-bond acceptors (Lipinski definition) is 4. The zero-order chi connectivity index (χ0) is 14.3. The van der Waals surface area contributed by atoms with Crippen molar-refractivity contribution in [3.63, 3.8) is 0 Å². The lowest BCUT2D eigenvalue weighted by atomic mass is 10.1. The fourth-order valence-electron chi connectivity index (χ4n) is 2.36. The highest BCUT2D eigenvalue weighted by molar-refractivity contribution is 6.20. The van der Waals surface area contributed by atoms with Crippen LogP contribution in [0.2, 0.25) is 0 Å². The fraction of sp³-hybridized carbons (Fsp3) is 0.267. The van der Waals surface area contributed by atoms with Crippen LogP contribution in [0, 0.1) is 0 Å².